The molecule has 0 aliphatic carbocycles. The summed E-state index contributed by atoms with van der Waals surface area (Å²) in [6.45, 7) is 3.21. The third-order valence-corrected chi connectivity index (χ3v) is 3.13. The summed E-state index contributed by atoms with van der Waals surface area (Å²) in [5, 5.41) is 5.47. The molecule has 1 fully saturated rings. The number of carbonyl (C=O) groups is 1. The first-order chi connectivity index (χ1) is 9.52. The lowest BCUT2D eigenvalue weighted by Crippen LogP contribution is -2.41. The molecule has 0 saturated carbocycles. The Morgan fingerprint density at radius 3 is 2.55 bits per heavy atom. The highest BCUT2D eigenvalue weighted by atomic mass is 19.2. The van der Waals surface area contributed by atoms with Gasteiger partial charge in [0.25, 0.3) is 0 Å². The predicted molar refractivity (Wildman–Crippen MR) is 66.7 cm³/mol. The first-order valence-electron chi connectivity index (χ1n) is 6.29. The van der Waals surface area contributed by atoms with Gasteiger partial charge in [0.2, 0.25) is 5.91 Å². The molecule has 7 heteroatoms. The fourth-order valence-corrected chi connectivity index (χ4v) is 2.14. The van der Waals surface area contributed by atoms with Crippen LogP contribution in [0.2, 0.25) is 0 Å². The van der Waals surface area contributed by atoms with E-state index in [2.05, 4.69) is 10.6 Å². The van der Waals surface area contributed by atoms with Gasteiger partial charge >= 0.3 is 0 Å². The second-order valence-corrected chi connectivity index (χ2v) is 4.55. The van der Waals surface area contributed by atoms with E-state index in [0.717, 1.165) is 12.1 Å². The zero-order valence-corrected chi connectivity index (χ0v) is 10.9. The molecule has 1 heterocycles. The number of anilines is 1. The molecule has 1 amide bonds. The van der Waals surface area contributed by atoms with Gasteiger partial charge in [-0.1, -0.05) is 6.92 Å². The summed E-state index contributed by atoms with van der Waals surface area (Å²) in [4.78, 5) is 12.0. The maximum absolute atomic E-state index is 13.1. The Labute approximate surface area is 114 Å². The highest BCUT2D eigenvalue weighted by Crippen LogP contribution is 2.20. The van der Waals surface area contributed by atoms with Crippen molar-refractivity contribution in [2.75, 3.05) is 25.1 Å². The zero-order chi connectivity index (χ0) is 14.7. The fraction of sp³-hybridized carbons (Fsp3) is 0.462. The molecule has 1 aliphatic heterocycles. The molecular formula is C13H15F3N2O2. The van der Waals surface area contributed by atoms with Crippen molar-refractivity contribution in [2.45, 2.75) is 13.0 Å². The molecule has 2 rings (SSSR count). The van der Waals surface area contributed by atoms with Gasteiger partial charge in [-0.25, -0.2) is 13.2 Å². The van der Waals surface area contributed by atoms with E-state index >= 15 is 0 Å². The van der Waals surface area contributed by atoms with Crippen molar-refractivity contribution in [3.8, 4) is 0 Å². The monoisotopic (exact) mass is 288 g/mol. The van der Waals surface area contributed by atoms with Crippen molar-refractivity contribution < 1.29 is 22.7 Å². The number of nitrogens with one attached hydrogen (secondary N) is 2. The van der Waals surface area contributed by atoms with Gasteiger partial charge in [-0.15, -0.1) is 0 Å². The molecule has 4 nitrogen and oxygen atoms in total. The summed E-state index contributed by atoms with van der Waals surface area (Å²) in [5.41, 5.74) is -0.117. The van der Waals surface area contributed by atoms with Crippen LogP contribution in [-0.2, 0) is 9.53 Å². The number of halogens is 3. The third-order valence-electron chi connectivity index (χ3n) is 3.13. The molecule has 2 unspecified atom stereocenters. The van der Waals surface area contributed by atoms with Crippen LogP contribution in [-0.4, -0.2) is 31.7 Å². The molecule has 2 N–H and O–H groups in total. The van der Waals surface area contributed by atoms with Crippen LogP contribution in [0.15, 0.2) is 12.1 Å². The van der Waals surface area contributed by atoms with Gasteiger partial charge in [0.1, 0.15) is 0 Å². The SMILES string of the molecule is CCNC1COCC1C(=O)Nc1cc(F)c(F)c(F)c1. The molecular weight excluding hydrogens is 273 g/mol. The normalized spacial score (nSPS) is 22.0. The molecule has 0 bridgehead atoms. The second kappa shape index (κ2) is 6.23. The lowest BCUT2D eigenvalue weighted by Gasteiger charge is -2.17. The minimum absolute atomic E-state index is 0.117. The molecule has 1 aliphatic rings. The third kappa shape index (κ3) is 3.10. The number of carbonyl (C=O) groups excluding carboxylic acids is 1. The number of amides is 1. The van der Waals surface area contributed by atoms with Crippen LogP contribution in [0.4, 0.5) is 18.9 Å². The van der Waals surface area contributed by atoms with Crippen molar-refractivity contribution in [2.24, 2.45) is 5.92 Å². The fourth-order valence-electron chi connectivity index (χ4n) is 2.14. The molecule has 0 aromatic heterocycles. The first-order valence-corrected chi connectivity index (χ1v) is 6.29. The Kier molecular flexibility index (Phi) is 4.61. The molecule has 20 heavy (non-hydrogen) atoms. The summed E-state index contributed by atoms with van der Waals surface area (Å²) in [5.74, 6) is -5.11. The summed E-state index contributed by atoms with van der Waals surface area (Å²) in [7, 11) is 0. The van der Waals surface area contributed by atoms with Crippen LogP contribution in [0.5, 0.6) is 0 Å². The van der Waals surface area contributed by atoms with E-state index in [1.807, 2.05) is 6.92 Å². The quantitative estimate of drug-likeness (QED) is 0.829. The van der Waals surface area contributed by atoms with E-state index < -0.39 is 29.3 Å². The topological polar surface area (TPSA) is 50.4 Å². The molecule has 2 atom stereocenters. The average molecular weight is 288 g/mol. The van der Waals surface area contributed by atoms with Crippen LogP contribution < -0.4 is 10.6 Å². The van der Waals surface area contributed by atoms with E-state index in [1.54, 1.807) is 0 Å². The zero-order valence-electron chi connectivity index (χ0n) is 10.9. The molecule has 1 aromatic rings. The Morgan fingerprint density at radius 1 is 1.30 bits per heavy atom. The van der Waals surface area contributed by atoms with Gasteiger partial charge in [0, 0.05) is 23.9 Å². The Morgan fingerprint density at radius 2 is 1.95 bits per heavy atom. The van der Waals surface area contributed by atoms with Crippen molar-refractivity contribution in [3.63, 3.8) is 0 Å². The van der Waals surface area contributed by atoms with E-state index in [1.165, 1.54) is 0 Å². The van der Waals surface area contributed by atoms with Gasteiger partial charge in [-0.3, -0.25) is 4.79 Å². The van der Waals surface area contributed by atoms with Crippen LogP contribution in [0.1, 0.15) is 6.92 Å². The summed E-state index contributed by atoms with van der Waals surface area (Å²) >= 11 is 0. The van der Waals surface area contributed by atoms with Crippen molar-refractivity contribution in [1.29, 1.82) is 0 Å². The molecule has 110 valence electrons. The highest BCUT2D eigenvalue weighted by molar-refractivity contribution is 5.93. The number of rotatable bonds is 4. The van der Waals surface area contributed by atoms with Gasteiger partial charge < -0.3 is 15.4 Å². The average Bonchev–Trinajstić information content (AvgIpc) is 2.84. The summed E-state index contributed by atoms with van der Waals surface area (Å²) < 4.78 is 44.2. The van der Waals surface area contributed by atoms with Gasteiger partial charge in [-0.05, 0) is 6.54 Å². The van der Waals surface area contributed by atoms with Gasteiger partial charge in [-0.2, -0.15) is 0 Å². The Bertz CT molecular complexity index is 487. The first kappa shape index (κ1) is 14.8. The number of hydrogen-bond donors (Lipinski definition) is 2. The maximum Gasteiger partial charge on any atom is 0.231 e. The maximum atomic E-state index is 13.1. The van der Waals surface area contributed by atoms with Crippen molar-refractivity contribution in [1.82, 2.24) is 5.32 Å². The second-order valence-electron chi connectivity index (χ2n) is 4.55. The molecule has 0 spiro atoms. The minimum atomic E-state index is -1.56. The summed E-state index contributed by atoms with van der Waals surface area (Å²) in [6, 6.07) is 1.35. The van der Waals surface area contributed by atoms with Crippen molar-refractivity contribution in [3.05, 3.63) is 29.6 Å². The highest BCUT2D eigenvalue weighted by Gasteiger charge is 2.33. The lowest BCUT2D eigenvalue weighted by molar-refractivity contribution is -0.120. The smallest absolute Gasteiger partial charge is 0.231 e. The number of ether oxygens (including phenoxy) is 1. The van der Waals surface area contributed by atoms with E-state index in [0.29, 0.717) is 13.2 Å². The van der Waals surface area contributed by atoms with Crippen LogP contribution in [0, 0.1) is 23.4 Å². The summed E-state index contributed by atoms with van der Waals surface area (Å²) in [6.07, 6.45) is 0. The Balaban J connectivity index is 2.08. The standard InChI is InChI=1S/C13H15F3N2O2/c1-2-17-11-6-20-5-8(11)13(19)18-7-3-9(14)12(16)10(15)4-7/h3-4,8,11,17H,2,5-6H2,1H3,(H,18,19). The van der Waals surface area contributed by atoms with Crippen LogP contribution in [0.25, 0.3) is 0 Å². The van der Waals surface area contributed by atoms with Gasteiger partial charge in [0.15, 0.2) is 17.5 Å². The van der Waals surface area contributed by atoms with Crippen LogP contribution >= 0.6 is 0 Å². The molecule has 0 radical (unpaired) electrons. The Hall–Kier alpha value is -1.60. The minimum Gasteiger partial charge on any atom is -0.379 e. The number of benzene rings is 1. The largest absolute Gasteiger partial charge is 0.379 e. The van der Waals surface area contributed by atoms with E-state index in [-0.39, 0.29) is 18.3 Å². The van der Waals surface area contributed by atoms with E-state index in [9.17, 15) is 18.0 Å². The number of hydrogen-bond acceptors (Lipinski definition) is 3. The van der Waals surface area contributed by atoms with E-state index in [4.69, 9.17) is 4.74 Å². The predicted octanol–water partition coefficient (Wildman–Crippen LogP) is 1.67. The number of likely N-dealkylation sites (N-methyl/N-ethyl adjacent to an activating group) is 1. The van der Waals surface area contributed by atoms with Crippen LogP contribution in [0.3, 0.4) is 0 Å². The van der Waals surface area contributed by atoms with Gasteiger partial charge in [0.05, 0.1) is 19.1 Å². The lowest BCUT2D eigenvalue weighted by atomic mass is 10.0. The molecule has 1 aromatic carbocycles. The molecule has 1 saturated heterocycles. The van der Waals surface area contributed by atoms with Crippen molar-refractivity contribution >= 4 is 11.6 Å².